The van der Waals surface area contributed by atoms with Crippen molar-refractivity contribution in [1.82, 2.24) is 19.4 Å². The molecule has 0 N–H and O–H groups in total. The molecule has 1 spiro atoms. The molecule has 6 heterocycles. The van der Waals surface area contributed by atoms with Crippen LogP contribution in [0.15, 0.2) is 67.1 Å². The Hall–Kier alpha value is -3.77. The van der Waals surface area contributed by atoms with E-state index in [-0.39, 0.29) is 0 Å². The fraction of sp³-hybridized carbons (Fsp3) is 0.323. The van der Waals surface area contributed by atoms with E-state index in [0.29, 0.717) is 5.41 Å². The number of aromatic nitrogens is 4. The van der Waals surface area contributed by atoms with Crippen molar-refractivity contribution in [3.8, 4) is 22.4 Å². The zero-order valence-electron chi connectivity index (χ0n) is 21.4. The van der Waals surface area contributed by atoms with Crippen molar-refractivity contribution in [2.45, 2.75) is 33.1 Å². The Morgan fingerprint density at radius 1 is 0.865 bits per heavy atom. The first-order chi connectivity index (χ1) is 18.1. The average molecular weight is 490 g/mol. The second-order valence-corrected chi connectivity index (χ2v) is 10.8. The summed E-state index contributed by atoms with van der Waals surface area (Å²) in [5.41, 5.74) is 9.05. The minimum absolute atomic E-state index is 0.416. The predicted octanol–water partition coefficient (Wildman–Crippen LogP) is 6.24. The molecular weight excluding hydrogens is 458 g/mol. The molecule has 2 fully saturated rings. The molecule has 2 saturated heterocycles. The lowest BCUT2D eigenvalue weighted by Crippen LogP contribution is -2.33. The highest BCUT2D eigenvalue weighted by molar-refractivity contribution is 5.94. The molecule has 6 nitrogen and oxygen atoms in total. The maximum atomic E-state index is 5.60. The maximum Gasteiger partial charge on any atom is 0.137 e. The van der Waals surface area contributed by atoms with Crippen molar-refractivity contribution in [3.05, 3.63) is 78.4 Å². The van der Waals surface area contributed by atoms with Gasteiger partial charge in [-0.15, -0.1) is 0 Å². The molecule has 0 radical (unpaired) electrons. The third-order valence-electron chi connectivity index (χ3n) is 8.28. The number of benzene rings is 1. The summed E-state index contributed by atoms with van der Waals surface area (Å²) in [5, 5.41) is 1.15. The zero-order valence-corrected chi connectivity index (χ0v) is 21.4. The van der Waals surface area contributed by atoms with E-state index >= 15 is 0 Å². The van der Waals surface area contributed by atoms with Gasteiger partial charge >= 0.3 is 0 Å². The fourth-order valence-electron chi connectivity index (χ4n) is 6.13. The molecule has 0 atom stereocenters. The Bertz CT molecular complexity index is 1610. The summed E-state index contributed by atoms with van der Waals surface area (Å²) in [6.07, 6.45) is 9.67. The smallest absolute Gasteiger partial charge is 0.137 e. The SMILES string of the molecule is Cc1ccc2nc(C)cc(-c3cnc4cc(-c5ccc(N6CCC7(CCOCC7)C6)nc5)ccn34)c2c1. The first kappa shape index (κ1) is 22.4. The van der Waals surface area contributed by atoms with E-state index in [9.17, 15) is 0 Å². The van der Waals surface area contributed by atoms with Crippen LogP contribution in [0.5, 0.6) is 0 Å². The highest BCUT2D eigenvalue weighted by Crippen LogP contribution is 2.41. The Balaban J connectivity index is 1.18. The van der Waals surface area contributed by atoms with Crippen molar-refractivity contribution in [3.63, 3.8) is 0 Å². The van der Waals surface area contributed by atoms with E-state index in [1.54, 1.807) is 0 Å². The van der Waals surface area contributed by atoms with Crippen LogP contribution in [0.2, 0.25) is 0 Å². The summed E-state index contributed by atoms with van der Waals surface area (Å²) in [7, 11) is 0. The van der Waals surface area contributed by atoms with E-state index < -0.39 is 0 Å². The maximum absolute atomic E-state index is 5.60. The molecule has 0 saturated carbocycles. The summed E-state index contributed by atoms with van der Waals surface area (Å²) in [5.74, 6) is 1.08. The van der Waals surface area contributed by atoms with Crippen LogP contribution < -0.4 is 4.90 Å². The number of hydrogen-bond acceptors (Lipinski definition) is 5. The standard InChI is InChI=1S/C31H31N5O/c1-21-3-5-27-25(15-21)26(16-22(2)34-27)28-19-33-30-17-23(7-11-36(28)30)24-4-6-29(32-18-24)35-12-8-31(20-35)9-13-37-14-10-31/h3-7,11,15-19H,8-10,12-14,20H2,1-2H3. The second-order valence-electron chi connectivity index (χ2n) is 10.8. The van der Waals surface area contributed by atoms with Gasteiger partial charge in [-0.3, -0.25) is 9.38 Å². The van der Waals surface area contributed by atoms with Gasteiger partial charge in [0.2, 0.25) is 0 Å². The first-order valence-electron chi connectivity index (χ1n) is 13.2. The predicted molar refractivity (Wildman–Crippen MR) is 148 cm³/mol. The molecule has 2 aliphatic heterocycles. The van der Waals surface area contributed by atoms with Crippen molar-refractivity contribution >= 4 is 22.4 Å². The van der Waals surface area contributed by atoms with Crippen LogP contribution in [-0.2, 0) is 4.74 Å². The van der Waals surface area contributed by atoms with Crippen LogP contribution in [0.25, 0.3) is 38.9 Å². The fourth-order valence-corrected chi connectivity index (χ4v) is 6.13. The monoisotopic (exact) mass is 489 g/mol. The normalized spacial score (nSPS) is 17.3. The van der Waals surface area contributed by atoms with Crippen LogP contribution in [-0.4, -0.2) is 45.7 Å². The van der Waals surface area contributed by atoms with E-state index in [0.717, 1.165) is 76.7 Å². The number of imidazole rings is 1. The molecular formula is C31H31N5O. The molecule has 2 aliphatic rings. The van der Waals surface area contributed by atoms with Crippen LogP contribution in [0.3, 0.4) is 0 Å². The summed E-state index contributed by atoms with van der Waals surface area (Å²) in [6.45, 7) is 8.14. The van der Waals surface area contributed by atoms with E-state index in [2.05, 4.69) is 71.0 Å². The zero-order chi connectivity index (χ0) is 25.0. The molecule has 4 aromatic heterocycles. The van der Waals surface area contributed by atoms with Gasteiger partial charge in [0.1, 0.15) is 11.5 Å². The van der Waals surface area contributed by atoms with Crippen molar-refractivity contribution in [2.75, 3.05) is 31.2 Å². The van der Waals surface area contributed by atoms with Crippen LogP contribution in [0.4, 0.5) is 5.82 Å². The molecule has 37 heavy (non-hydrogen) atoms. The van der Waals surface area contributed by atoms with Gasteiger partial charge in [-0.25, -0.2) is 9.97 Å². The number of aryl methyl sites for hydroxylation is 2. The van der Waals surface area contributed by atoms with Crippen LogP contribution in [0.1, 0.15) is 30.5 Å². The highest BCUT2D eigenvalue weighted by Gasteiger charge is 2.39. The average Bonchev–Trinajstić information content (AvgIpc) is 3.53. The van der Waals surface area contributed by atoms with E-state index in [1.165, 1.54) is 24.8 Å². The Labute approximate surface area is 217 Å². The van der Waals surface area contributed by atoms with Gasteiger partial charge in [0.05, 0.1) is 17.4 Å². The Morgan fingerprint density at radius 2 is 1.76 bits per heavy atom. The van der Waals surface area contributed by atoms with E-state index in [4.69, 9.17) is 19.7 Å². The minimum atomic E-state index is 0.416. The molecule has 186 valence electrons. The molecule has 0 amide bonds. The van der Waals surface area contributed by atoms with Gasteiger partial charge in [0, 0.05) is 60.9 Å². The Kier molecular flexibility index (Phi) is 5.25. The third-order valence-corrected chi connectivity index (χ3v) is 8.28. The highest BCUT2D eigenvalue weighted by atomic mass is 16.5. The molecule has 1 aromatic carbocycles. The third kappa shape index (κ3) is 3.96. The number of fused-ring (bicyclic) bond motifs is 2. The molecule has 7 rings (SSSR count). The lowest BCUT2D eigenvalue weighted by Gasteiger charge is -2.33. The van der Waals surface area contributed by atoms with Crippen molar-refractivity contribution in [2.24, 2.45) is 5.41 Å². The van der Waals surface area contributed by atoms with Gasteiger partial charge in [-0.05, 0) is 86.6 Å². The molecule has 6 heteroatoms. The van der Waals surface area contributed by atoms with Gasteiger partial charge in [-0.2, -0.15) is 0 Å². The molecule has 0 aliphatic carbocycles. The summed E-state index contributed by atoms with van der Waals surface area (Å²) >= 11 is 0. The van der Waals surface area contributed by atoms with Crippen molar-refractivity contribution in [1.29, 1.82) is 0 Å². The topological polar surface area (TPSA) is 55.5 Å². The first-order valence-corrected chi connectivity index (χ1v) is 13.2. The summed E-state index contributed by atoms with van der Waals surface area (Å²) < 4.78 is 7.77. The summed E-state index contributed by atoms with van der Waals surface area (Å²) in [6, 6.07) is 17.2. The molecule has 0 unspecified atom stereocenters. The van der Waals surface area contributed by atoms with Crippen LogP contribution >= 0.6 is 0 Å². The minimum Gasteiger partial charge on any atom is -0.381 e. The largest absolute Gasteiger partial charge is 0.381 e. The number of hydrogen-bond donors (Lipinski definition) is 0. The van der Waals surface area contributed by atoms with Gasteiger partial charge in [-0.1, -0.05) is 11.6 Å². The van der Waals surface area contributed by atoms with Gasteiger partial charge < -0.3 is 9.64 Å². The van der Waals surface area contributed by atoms with Gasteiger partial charge in [0.25, 0.3) is 0 Å². The lowest BCUT2D eigenvalue weighted by atomic mass is 9.80. The van der Waals surface area contributed by atoms with Crippen molar-refractivity contribution < 1.29 is 4.74 Å². The van der Waals surface area contributed by atoms with Crippen LogP contribution in [0, 0.1) is 19.3 Å². The van der Waals surface area contributed by atoms with E-state index in [1.807, 2.05) is 19.3 Å². The number of pyridine rings is 3. The Morgan fingerprint density at radius 3 is 2.59 bits per heavy atom. The number of ether oxygens (including phenoxy) is 1. The number of nitrogens with zero attached hydrogens (tertiary/aromatic N) is 5. The molecule has 5 aromatic rings. The number of anilines is 1. The summed E-state index contributed by atoms with van der Waals surface area (Å²) in [4.78, 5) is 16.8. The second kappa shape index (κ2) is 8.67. The quantitative estimate of drug-likeness (QED) is 0.300. The van der Waals surface area contributed by atoms with Gasteiger partial charge in [0.15, 0.2) is 0 Å². The lowest BCUT2D eigenvalue weighted by molar-refractivity contribution is 0.0254. The number of rotatable bonds is 3. The molecule has 0 bridgehead atoms.